The molecule has 1 saturated carbocycles. The first-order valence-corrected chi connectivity index (χ1v) is 19.1. The van der Waals surface area contributed by atoms with Gasteiger partial charge in [0.1, 0.15) is 16.8 Å². The molecule has 4 heterocycles. The number of unbranched alkanes of at least 4 members (excludes halogenated alkanes) is 1. The highest BCUT2D eigenvalue weighted by Crippen LogP contribution is 2.46. The maximum absolute atomic E-state index is 10.0. The number of nitrogens with one attached hydrogen (secondary N) is 1. The van der Waals surface area contributed by atoms with Gasteiger partial charge in [0.15, 0.2) is 5.82 Å². The molecular formula is C38H55N7S. The van der Waals surface area contributed by atoms with Crippen molar-refractivity contribution in [1.29, 1.82) is 10.7 Å². The van der Waals surface area contributed by atoms with E-state index in [9.17, 15) is 10.7 Å². The number of likely N-dealkylation sites (tertiary alicyclic amines) is 1. The lowest BCUT2D eigenvalue weighted by Crippen LogP contribution is -2.45. The fourth-order valence-electron chi connectivity index (χ4n) is 8.71. The number of thiophene rings is 1. The van der Waals surface area contributed by atoms with Crippen molar-refractivity contribution < 1.29 is 0 Å². The molecule has 0 aromatic carbocycles. The van der Waals surface area contributed by atoms with Crippen LogP contribution in [0.15, 0.2) is 11.1 Å². The Morgan fingerprint density at radius 1 is 1.09 bits per heavy atom. The van der Waals surface area contributed by atoms with Crippen LogP contribution in [0, 0.1) is 16.7 Å². The first-order chi connectivity index (χ1) is 22.3. The van der Waals surface area contributed by atoms with Gasteiger partial charge in [-0.3, -0.25) is 10.3 Å². The highest BCUT2D eigenvalue weighted by Gasteiger charge is 2.36. The van der Waals surface area contributed by atoms with Crippen molar-refractivity contribution in [3.63, 3.8) is 0 Å². The summed E-state index contributed by atoms with van der Waals surface area (Å²) in [4.78, 5) is 17.3. The number of fused-ring (bicyclic) bond motifs is 2. The first kappa shape index (κ1) is 33.3. The molecule has 1 saturated heterocycles. The molecule has 0 amide bonds. The number of anilines is 1. The molecule has 8 heteroatoms. The van der Waals surface area contributed by atoms with Gasteiger partial charge in [-0.05, 0) is 102 Å². The minimum absolute atomic E-state index is 0.122. The Kier molecular flexibility index (Phi) is 10.6. The SMILES string of the molecule is CCCC[C@H]1CN(C2CCC2)Cc2c(CCC3CCCN3C)nc(C(=N)/C(CCC)=C(\C)C3CCCc4sc(N)c(C#N)c43)nc21. The predicted octanol–water partition coefficient (Wildman–Crippen LogP) is 8.27. The number of nitrogens with two attached hydrogens (primary N) is 1. The Bertz CT molecular complexity index is 1500. The zero-order chi connectivity index (χ0) is 32.4. The Labute approximate surface area is 281 Å². The van der Waals surface area contributed by atoms with Crippen molar-refractivity contribution in [2.24, 2.45) is 0 Å². The molecular weight excluding hydrogens is 587 g/mol. The average molecular weight is 642 g/mol. The van der Waals surface area contributed by atoms with Crippen molar-refractivity contribution in [3.05, 3.63) is 49.9 Å². The van der Waals surface area contributed by atoms with Gasteiger partial charge in [0.05, 0.1) is 11.3 Å². The molecule has 2 aromatic rings. The van der Waals surface area contributed by atoms with Crippen molar-refractivity contribution in [2.45, 2.75) is 148 Å². The molecule has 3 N–H and O–H groups in total. The molecule has 2 aromatic heterocycles. The largest absolute Gasteiger partial charge is 0.389 e. The summed E-state index contributed by atoms with van der Waals surface area (Å²) in [5, 5.41) is 20.4. The number of rotatable bonds is 12. The van der Waals surface area contributed by atoms with Crippen molar-refractivity contribution in [3.8, 4) is 6.07 Å². The van der Waals surface area contributed by atoms with Crippen LogP contribution < -0.4 is 5.73 Å². The fraction of sp³-hybridized carbons (Fsp3) is 0.684. The molecule has 4 aliphatic rings. The van der Waals surface area contributed by atoms with E-state index in [0.717, 1.165) is 75.6 Å². The van der Waals surface area contributed by atoms with Gasteiger partial charge >= 0.3 is 0 Å². The lowest BCUT2D eigenvalue weighted by molar-refractivity contribution is 0.0977. The van der Waals surface area contributed by atoms with E-state index in [1.807, 2.05) is 0 Å². The molecule has 2 fully saturated rings. The van der Waals surface area contributed by atoms with E-state index in [4.69, 9.17) is 15.7 Å². The average Bonchev–Trinajstić information content (AvgIpc) is 3.60. The van der Waals surface area contributed by atoms with Crippen LogP contribution in [0.1, 0.15) is 155 Å². The van der Waals surface area contributed by atoms with Crippen molar-refractivity contribution in [1.82, 2.24) is 19.8 Å². The summed E-state index contributed by atoms with van der Waals surface area (Å²) in [6.45, 7) is 9.92. The summed E-state index contributed by atoms with van der Waals surface area (Å²) >= 11 is 1.59. The summed E-state index contributed by atoms with van der Waals surface area (Å²) in [6, 6.07) is 3.74. The summed E-state index contributed by atoms with van der Waals surface area (Å²) in [7, 11) is 2.27. The second kappa shape index (κ2) is 14.7. The molecule has 6 rings (SSSR count). The summed E-state index contributed by atoms with van der Waals surface area (Å²) in [5.41, 5.74) is 14.7. The van der Waals surface area contributed by atoms with E-state index < -0.39 is 0 Å². The van der Waals surface area contributed by atoms with Gasteiger partial charge < -0.3 is 10.6 Å². The number of nitrogens with zero attached hydrogens (tertiary/aromatic N) is 5. The van der Waals surface area contributed by atoms with Gasteiger partial charge in [0.25, 0.3) is 0 Å². The minimum atomic E-state index is 0.122. The number of nitrogen functional groups attached to an aromatic ring is 1. The third kappa shape index (κ3) is 6.57. The van der Waals surface area contributed by atoms with E-state index >= 15 is 0 Å². The second-order valence-electron chi connectivity index (χ2n) is 14.5. The Balaban J connectivity index is 1.41. The molecule has 0 bridgehead atoms. The third-order valence-electron chi connectivity index (χ3n) is 11.6. The van der Waals surface area contributed by atoms with Gasteiger partial charge in [-0.25, -0.2) is 9.97 Å². The van der Waals surface area contributed by atoms with Crippen LogP contribution in [0.25, 0.3) is 0 Å². The summed E-state index contributed by atoms with van der Waals surface area (Å²) in [6.07, 6.45) is 17.0. The number of hydrogen-bond donors (Lipinski definition) is 2. The fourth-order valence-corrected chi connectivity index (χ4v) is 9.83. The monoisotopic (exact) mass is 641 g/mol. The lowest BCUT2D eigenvalue weighted by Gasteiger charge is -2.43. The number of hydrogen-bond acceptors (Lipinski definition) is 8. The zero-order valence-electron chi connectivity index (χ0n) is 28.8. The van der Waals surface area contributed by atoms with Crippen LogP contribution in [0.2, 0.25) is 0 Å². The predicted molar refractivity (Wildman–Crippen MR) is 190 cm³/mol. The van der Waals surface area contributed by atoms with E-state index in [1.54, 1.807) is 11.3 Å². The van der Waals surface area contributed by atoms with Crippen molar-refractivity contribution in [2.75, 3.05) is 25.9 Å². The quantitative estimate of drug-likeness (QED) is 0.226. The third-order valence-corrected chi connectivity index (χ3v) is 12.7. The topological polar surface area (TPSA) is 106 Å². The maximum atomic E-state index is 10.0. The number of aryl methyl sites for hydroxylation is 2. The normalized spacial score (nSPS) is 24.2. The zero-order valence-corrected chi connectivity index (χ0v) is 29.6. The highest BCUT2D eigenvalue weighted by atomic mass is 32.1. The second-order valence-corrected chi connectivity index (χ2v) is 15.7. The molecule has 46 heavy (non-hydrogen) atoms. The Morgan fingerprint density at radius 3 is 2.59 bits per heavy atom. The van der Waals surface area contributed by atoms with Gasteiger partial charge in [-0.15, -0.1) is 11.3 Å². The standard InChI is InChI=1S/C38H55N7S/c1-5-7-12-25-22-45(27-13-8-14-27)23-31-32(19-18-26-15-10-20-44(26)4)42-38(43-36(25)31)35(40)29(11-6-2)24(3)28-16-9-17-33-34(28)30(21-39)37(41)46-33/h25-28,40H,5-20,22-23,41H2,1-4H3/b29-24+,40-35?/t25-,26?,28?/m0/s1. The van der Waals surface area contributed by atoms with Crippen LogP contribution >= 0.6 is 11.3 Å². The summed E-state index contributed by atoms with van der Waals surface area (Å²) < 4.78 is 0. The molecule has 2 unspecified atom stereocenters. The number of aromatic nitrogens is 2. The number of allylic oxidation sites excluding steroid dienone is 2. The van der Waals surface area contributed by atoms with E-state index in [2.05, 4.69) is 43.7 Å². The lowest BCUT2D eigenvalue weighted by atomic mass is 9.78. The van der Waals surface area contributed by atoms with Crippen LogP contribution in [0.3, 0.4) is 0 Å². The van der Waals surface area contributed by atoms with Gasteiger partial charge in [-0.2, -0.15) is 5.26 Å². The van der Waals surface area contributed by atoms with Crippen molar-refractivity contribution >= 4 is 22.0 Å². The molecule has 3 atom stereocenters. The smallest absolute Gasteiger partial charge is 0.178 e. The molecule has 2 aliphatic heterocycles. The molecule has 248 valence electrons. The Morgan fingerprint density at radius 2 is 1.91 bits per heavy atom. The van der Waals surface area contributed by atoms with E-state index in [1.165, 1.54) is 78.9 Å². The molecule has 2 aliphatic carbocycles. The Hall–Kier alpha value is -2.60. The van der Waals surface area contributed by atoms with Gasteiger partial charge in [0.2, 0.25) is 0 Å². The highest BCUT2D eigenvalue weighted by molar-refractivity contribution is 7.16. The molecule has 7 nitrogen and oxygen atoms in total. The summed E-state index contributed by atoms with van der Waals surface area (Å²) in [5.74, 6) is 1.15. The van der Waals surface area contributed by atoms with Gasteiger partial charge in [-0.1, -0.05) is 45.1 Å². The van der Waals surface area contributed by atoms with Crippen LogP contribution in [0.4, 0.5) is 5.00 Å². The molecule has 0 radical (unpaired) electrons. The van der Waals surface area contributed by atoms with Gasteiger partial charge in [0, 0.05) is 53.1 Å². The molecule has 0 spiro atoms. The minimum Gasteiger partial charge on any atom is -0.389 e. The van der Waals surface area contributed by atoms with E-state index in [-0.39, 0.29) is 5.92 Å². The van der Waals surface area contributed by atoms with Crippen LogP contribution in [-0.2, 0) is 19.4 Å². The van der Waals surface area contributed by atoms with E-state index in [0.29, 0.717) is 40.1 Å². The first-order valence-electron chi connectivity index (χ1n) is 18.3. The number of nitriles is 1. The van der Waals surface area contributed by atoms with Crippen LogP contribution in [-0.4, -0.2) is 57.7 Å². The van der Waals surface area contributed by atoms with Crippen LogP contribution in [0.5, 0.6) is 0 Å². The maximum Gasteiger partial charge on any atom is 0.178 e.